The van der Waals surface area contributed by atoms with Crippen molar-refractivity contribution < 1.29 is 9.00 Å². The Balaban J connectivity index is 2.81. The topological polar surface area (TPSA) is 73.3 Å². The van der Waals surface area contributed by atoms with E-state index in [1.54, 1.807) is 13.8 Å². The van der Waals surface area contributed by atoms with Gasteiger partial charge in [-0.2, -0.15) is 0 Å². The van der Waals surface area contributed by atoms with Crippen molar-refractivity contribution in [1.82, 2.24) is 9.62 Å². The fraction of sp³-hybridized carbons (Fsp3) is 0.875. The zero-order valence-electron chi connectivity index (χ0n) is 8.58. The largest absolute Gasteiger partial charge is 0.355 e. The number of nitrogens with zero attached hydrogens (tertiary/aromatic N) is 1. The molecule has 82 valence electrons. The van der Waals surface area contributed by atoms with Crippen molar-refractivity contribution in [2.24, 2.45) is 0 Å². The van der Waals surface area contributed by atoms with E-state index in [0.717, 1.165) is 6.42 Å². The normalized spacial score (nSPS) is 24.1. The molecule has 1 rings (SSSR count). The third-order valence-corrected chi connectivity index (χ3v) is 4.61. The Morgan fingerprint density at radius 1 is 1.57 bits per heavy atom. The lowest BCUT2D eigenvalue weighted by molar-refractivity contribution is -0.120. The number of carbonyl (C=O) groups excluding carboxylic acids is 1. The third-order valence-electron chi connectivity index (χ3n) is 2.25. The van der Waals surface area contributed by atoms with Crippen molar-refractivity contribution in [2.45, 2.75) is 25.5 Å². The van der Waals surface area contributed by atoms with Gasteiger partial charge in [0.2, 0.25) is 5.91 Å². The van der Waals surface area contributed by atoms with E-state index in [-0.39, 0.29) is 17.7 Å². The van der Waals surface area contributed by atoms with Crippen molar-refractivity contribution in [3.05, 3.63) is 0 Å². The maximum Gasteiger partial charge on any atom is 0.235 e. The van der Waals surface area contributed by atoms with E-state index < -0.39 is 9.92 Å². The van der Waals surface area contributed by atoms with Crippen LogP contribution in [0, 0.1) is 4.78 Å². The summed E-state index contributed by atoms with van der Waals surface area (Å²) in [6.45, 7) is 4.75. The quantitative estimate of drug-likeness (QED) is 0.695. The van der Waals surface area contributed by atoms with E-state index in [4.69, 9.17) is 4.78 Å². The highest BCUT2D eigenvalue weighted by molar-refractivity contribution is 7.90. The van der Waals surface area contributed by atoms with Crippen LogP contribution in [0.3, 0.4) is 0 Å². The Labute approximate surface area is 85.0 Å². The smallest absolute Gasteiger partial charge is 0.235 e. The zero-order valence-corrected chi connectivity index (χ0v) is 9.39. The maximum atomic E-state index is 12.0. The molecule has 0 radical (unpaired) electrons. The second kappa shape index (κ2) is 4.27. The van der Waals surface area contributed by atoms with Gasteiger partial charge in [-0.15, -0.1) is 0 Å². The molecule has 0 saturated carbocycles. The van der Waals surface area contributed by atoms with Crippen LogP contribution >= 0.6 is 0 Å². The molecule has 0 aromatic carbocycles. The van der Waals surface area contributed by atoms with Gasteiger partial charge in [-0.05, 0) is 20.3 Å². The summed E-state index contributed by atoms with van der Waals surface area (Å²) in [5.74, 6) is -0.136. The average molecular weight is 219 g/mol. The Morgan fingerprint density at radius 2 is 2.21 bits per heavy atom. The summed E-state index contributed by atoms with van der Waals surface area (Å²) in [7, 11) is -2.78. The molecule has 6 heteroatoms. The van der Waals surface area contributed by atoms with E-state index in [2.05, 4.69) is 5.32 Å². The molecule has 1 unspecified atom stereocenters. The highest BCUT2D eigenvalue weighted by atomic mass is 32.2. The van der Waals surface area contributed by atoms with Gasteiger partial charge in [0.15, 0.2) is 0 Å². The molecule has 1 amide bonds. The van der Waals surface area contributed by atoms with Crippen LogP contribution in [0.15, 0.2) is 0 Å². The van der Waals surface area contributed by atoms with E-state index in [9.17, 15) is 9.00 Å². The minimum atomic E-state index is -2.78. The Kier molecular flexibility index (Phi) is 3.49. The first-order valence-electron chi connectivity index (χ1n) is 4.74. The number of nitrogens with one attached hydrogen (secondary N) is 2. The van der Waals surface area contributed by atoms with Gasteiger partial charge in [-0.1, -0.05) is 0 Å². The van der Waals surface area contributed by atoms with Crippen LogP contribution in [0.1, 0.15) is 20.3 Å². The molecule has 2 N–H and O–H groups in total. The summed E-state index contributed by atoms with van der Waals surface area (Å²) >= 11 is 0. The minimum Gasteiger partial charge on any atom is -0.355 e. The van der Waals surface area contributed by atoms with Crippen LogP contribution in [0.5, 0.6) is 0 Å². The molecule has 1 atom stereocenters. The lowest BCUT2D eigenvalue weighted by Gasteiger charge is -2.24. The van der Waals surface area contributed by atoms with Crippen molar-refractivity contribution in [3.8, 4) is 0 Å². The molecule has 0 bridgehead atoms. The molecule has 0 aromatic rings. The van der Waals surface area contributed by atoms with Gasteiger partial charge in [-0.3, -0.25) is 4.79 Å². The van der Waals surface area contributed by atoms with Crippen LogP contribution in [0.2, 0.25) is 0 Å². The molecule has 1 saturated heterocycles. The lowest BCUT2D eigenvalue weighted by atomic mass is 10.4. The zero-order chi connectivity index (χ0) is 10.8. The first kappa shape index (κ1) is 11.5. The average Bonchev–Trinajstić information content (AvgIpc) is 2.29. The standard InChI is InChI=1S/C8H17N3O2S/c1-7(2)14(9,13)11-5-3-4-10-8(12)6-11/h7,9H,3-6H2,1-2H3,(H,10,12). The minimum absolute atomic E-state index is 0.0838. The summed E-state index contributed by atoms with van der Waals surface area (Å²) in [5.41, 5.74) is 0. The monoisotopic (exact) mass is 219 g/mol. The van der Waals surface area contributed by atoms with Crippen molar-refractivity contribution in [1.29, 1.82) is 4.78 Å². The van der Waals surface area contributed by atoms with E-state index >= 15 is 0 Å². The van der Waals surface area contributed by atoms with Gasteiger partial charge in [0.05, 0.1) is 11.8 Å². The number of rotatable bonds is 2. The number of hydrogen-bond acceptors (Lipinski definition) is 3. The maximum absolute atomic E-state index is 12.0. The fourth-order valence-corrected chi connectivity index (χ4v) is 2.61. The summed E-state index contributed by atoms with van der Waals surface area (Å²) < 4.78 is 21.2. The van der Waals surface area contributed by atoms with Crippen LogP contribution in [0.4, 0.5) is 0 Å². The first-order valence-corrected chi connectivity index (χ1v) is 6.32. The molecule has 1 heterocycles. The summed E-state index contributed by atoms with van der Waals surface area (Å²) in [6.07, 6.45) is 0.758. The van der Waals surface area contributed by atoms with Gasteiger partial charge < -0.3 is 5.32 Å². The van der Waals surface area contributed by atoms with Crippen molar-refractivity contribution >= 4 is 15.8 Å². The molecule has 5 nitrogen and oxygen atoms in total. The molecular formula is C8H17N3O2S. The lowest BCUT2D eigenvalue weighted by Crippen LogP contribution is -2.40. The predicted octanol–water partition coefficient (Wildman–Crippen LogP) is 0.178. The molecule has 0 spiro atoms. The highest BCUT2D eigenvalue weighted by Gasteiger charge is 2.25. The van der Waals surface area contributed by atoms with Crippen LogP contribution in [0.25, 0.3) is 0 Å². The second-order valence-electron chi connectivity index (χ2n) is 3.68. The van der Waals surface area contributed by atoms with Gasteiger partial charge in [0, 0.05) is 13.1 Å². The van der Waals surface area contributed by atoms with E-state index in [1.807, 2.05) is 0 Å². The van der Waals surface area contributed by atoms with Gasteiger partial charge in [0.25, 0.3) is 0 Å². The Bertz CT molecular complexity index is 311. The molecule has 0 aromatic heterocycles. The van der Waals surface area contributed by atoms with Gasteiger partial charge in [-0.25, -0.2) is 13.3 Å². The van der Waals surface area contributed by atoms with Crippen LogP contribution in [-0.4, -0.2) is 39.3 Å². The van der Waals surface area contributed by atoms with E-state index in [0.29, 0.717) is 13.1 Å². The summed E-state index contributed by atoms with van der Waals surface area (Å²) in [5, 5.41) is 2.45. The summed E-state index contributed by atoms with van der Waals surface area (Å²) in [4.78, 5) is 11.2. The van der Waals surface area contributed by atoms with E-state index in [1.165, 1.54) is 4.31 Å². The number of hydrogen-bond donors (Lipinski definition) is 2. The molecule has 1 aliphatic heterocycles. The Morgan fingerprint density at radius 3 is 2.79 bits per heavy atom. The molecular weight excluding hydrogens is 202 g/mol. The van der Waals surface area contributed by atoms with Crippen LogP contribution < -0.4 is 5.32 Å². The van der Waals surface area contributed by atoms with Gasteiger partial charge >= 0.3 is 0 Å². The first-order chi connectivity index (χ1) is 6.44. The van der Waals surface area contributed by atoms with Gasteiger partial charge in [0.1, 0.15) is 9.92 Å². The van der Waals surface area contributed by atoms with Crippen LogP contribution in [-0.2, 0) is 14.7 Å². The molecule has 0 aliphatic carbocycles. The van der Waals surface area contributed by atoms with Crippen molar-refractivity contribution in [2.75, 3.05) is 19.6 Å². The second-order valence-corrected chi connectivity index (χ2v) is 6.28. The number of carbonyl (C=O) groups is 1. The third kappa shape index (κ3) is 2.45. The number of amides is 1. The SMILES string of the molecule is CC(C)S(=N)(=O)N1CCCNC(=O)C1. The van der Waals surface area contributed by atoms with Crippen molar-refractivity contribution in [3.63, 3.8) is 0 Å². The fourth-order valence-electron chi connectivity index (χ4n) is 1.31. The molecule has 1 aliphatic rings. The Hall–Kier alpha value is -0.620. The highest BCUT2D eigenvalue weighted by Crippen LogP contribution is 2.11. The molecule has 1 fully saturated rings. The molecule has 14 heavy (non-hydrogen) atoms. The summed E-state index contributed by atoms with van der Waals surface area (Å²) in [6, 6.07) is 0. The predicted molar refractivity (Wildman–Crippen MR) is 55.2 cm³/mol.